The number of rotatable bonds is 4. The second kappa shape index (κ2) is 8.35. The first-order chi connectivity index (χ1) is 14.0. The molecule has 2 aromatic rings. The van der Waals surface area contributed by atoms with Crippen LogP contribution in [0.4, 0.5) is 10.2 Å². The fraction of sp³-hybridized carbons (Fsp3) is 0.500. The van der Waals surface area contributed by atoms with E-state index in [1.807, 2.05) is 4.90 Å². The summed E-state index contributed by atoms with van der Waals surface area (Å²) >= 11 is 0. The zero-order chi connectivity index (χ0) is 20.4. The molecule has 154 valence electrons. The normalized spacial score (nSPS) is 19.1. The summed E-state index contributed by atoms with van der Waals surface area (Å²) in [5.41, 5.74) is 2.30. The van der Waals surface area contributed by atoms with E-state index in [9.17, 15) is 9.18 Å². The summed E-state index contributed by atoms with van der Waals surface area (Å²) in [5.74, 6) is 2.12. The number of anilines is 1. The summed E-state index contributed by atoms with van der Waals surface area (Å²) in [7, 11) is 2.08. The first-order valence-electron chi connectivity index (χ1n) is 10.3. The summed E-state index contributed by atoms with van der Waals surface area (Å²) in [6, 6.07) is 5.71. The minimum atomic E-state index is -0.325. The van der Waals surface area contributed by atoms with E-state index in [1.165, 1.54) is 29.8 Å². The fourth-order valence-electron chi connectivity index (χ4n) is 4.17. The number of nitrogens with zero attached hydrogens (tertiary/aromatic N) is 4. The molecule has 0 spiro atoms. The molecule has 1 aromatic heterocycles. The molecule has 0 radical (unpaired) electrons. The van der Waals surface area contributed by atoms with Crippen molar-refractivity contribution >= 4 is 11.7 Å². The van der Waals surface area contributed by atoms with E-state index in [1.54, 1.807) is 0 Å². The van der Waals surface area contributed by atoms with Gasteiger partial charge in [-0.25, -0.2) is 14.4 Å². The van der Waals surface area contributed by atoms with Gasteiger partial charge in [-0.2, -0.15) is 0 Å². The highest BCUT2D eigenvalue weighted by Gasteiger charge is 2.29. The van der Waals surface area contributed by atoms with Gasteiger partial charge in [-0.05, 0) is 56.9 Å². The van der Waals surface area contributed by atoms with E-state index >= 15 is 0 Å². The Balaban J connectivity index is 1.43. The molecular weight excluding hydrogens is 371 g/mol. The highest BCUT2D eigenvalue weighted by atomic mass is 19.1. The molecule has 3 heterocycles. The summed E-state index contributed by atoms with van der Waals surface area (Å²) in [6.07, 6.45) is 4.06. The Morgan fingerprint density at radius 2 is 2.00 bits per heavy atom. The van der Waals surface area contributed by atoms with Crippen molar-refractivity contribution in [3.8, 4) is 5.75 Å². The van der Waals surface area contributed by atoms with E-state index in [2.05, 4.69) is 18.9 Å². The average Bonchev–Trinajstić information content (AvgIpc) is 2.74. The molecule has 1 fully saturated rings. The van der Waals surface area contributed by atoms with Gasteiger partial charge in [0.2, 0.25) is 0 Å². The van der Waals surface area contributed by atoms with E-state index in [4.69, 9.17) is 14.7 Å². The minimum Gasteiger partial charge on any atom is -0.484 e. The predicted molar refractivity (Wildman–Crippen MR) is 109 cm³/mol. The number of aromatic nitrogens is 2. The number of hydrogen-bond acceptors (Lipinski definition) is 5. The Morgan fingerprint density at radius 3 is 2.79 bits per heavy atom. The van der Waals surface area contributed by atoms with Crippen LogP contribution in [0.15, 0.2) is 24.3 Å². The quantitative estimate of drug-likeness (QED) is 0.792. The third-order valence-electron chi connectivity index (χ3n) is 5.81. The number of aryl methyl sites for hydroxylation is 1. The van der Waals surface area contributed by atoms with E-state index < -0.39 is 0 Å². The van der Waals surface area contributed by atoms with Gasteiger partial charge in [0, 0.05) is 43.9 Å². The zero-order valence-corrected chi connectivity index (χ0v) is 17.0. The standard InChI is InChI=1S/C22H27FN4O2/c1-15-19-6-4-11-26(2)22(19)25-21(24-15)16-5-3-12-27(13-16)20(28)14-29-18-9-7-17(23)8-10-18/h7-10,16H,3-6,11-14H2,1-2H3. The second-order valence-corrected chi connectivity index (χ2v) is 7.92. The van der Waals surface area contributed by atoms with Crippen molar-refractivity contribution in [3.63, 3.8) is 0 Å². The third kappa shape index (κ3) is 4.33. The van der Waals surface area contributed by atoms with Gasteiger partial charge < -0.3 is 14.5 Å². The molecule has 2 aliphatic rings. The number of amides is 1. The maximum absolute atomic E-state index is 13.0. The molecular formula is C22H27FN4O2. The molecule has 1 saturated heterocycles. The number of fused-ring (bicyclic) bond motifs is 1. The first kappa shape index (κ1) is 19.6. The Hall–Kier alpha value is -2.70. The van der Waals surface area contributed by atoms with Crippen LogP contribution >= 0.6 is 0 Å². The monoisotopic (exact) mass is 398 g/mol. The molecule has 29 heavy (non-hydrogen) atoms. The van der Waals surface area contributed by atoms with Crippen LogP contribution in [0, 0.1) is 12.7 Å². The lowest BCUT2D eigenvalue weighted by Crippen LogP contribution is -2.42. The molecule has 0 aliphatic carbocycles. The van der Waals surface area contributed by atoms with Gasteiger partial charge >= 0.3 is 0 Å². The fourth-order valence-corrected chi connectivity index (χ4v) is 4.17. The van der Waals surface area contributed by atoms with E-state index in [0.29, 0.717) is 18.8 Å². The van der Waals surface area contributed by atoms with Crippen LogP contribution in [-0.4, -0.2) is 54.1 Å². The van der Waals surface area contributed by atoms with Crippen molar-refractivity contribution < 1.29 is 13.9 Å². The van der Waals surface area contributed by atoms with Crippen molar-refractivity contribution in [2.45, 2.75) is 38.5 Å². The van der Waals surface area contributed by atoms with Crippen molar-refractivity contribution in [2.75, 3.05) is 38.2 Å². The number of piperidine rings is 1. The SMILES string of the molecule is Cc1nc(C2CCCN(C(=O)COc3ccc(F)cc3)C2)nc2c1CCCN2C. The smallest absolute Gasteiger partial charge is 0.260 e. The lowest BCUT2D eigenvalue weighted by molar-refractivity contribution is -0.134. The number of carbonyl (C=O) groups is 1. The van der Waals surface area contributed by atoms with Crippen LogP contribution in [0.2, 0.25) is 0 Å². The predicted octanol–water partition coefficient (Wildman–Crippen LogP) is 3.09. The van der Waals surface area contributed by atoms with Crippen molar-refractivity contribution in [1.29, 1.82) is 0 Å². The lowest BCUT2D eigenvalue weighted by Gasteiger charge is -2.33. The summed E-state index contributed by atoms with van der Waals surface area (Å²) in [4.78, 5) is 26.4. The Kier molecular flexibility index (Phi) is 5.65. The maximum Gasteiger partial charge on any atom is 0.260 e. The molecule has 6 nitrogen and oxygen atoms in total. The Bertz CT molecular complexity index is 887. The molecule has 0 N–H and O–H groups in total. The number of likely N-dealkylation sites (tertiary alicyclic amines) is 1. The number of carbonyl (C=O) groups excluding carboxylic acids is 1. The number of benzene rings is 1. The topological polar surface area (TPSA) is 58.6 Å². The summed E-state index contributed by atoms with van der Waals surface area (Å²) < 4.78 is 18.5. The molecule has 1 aromatic carbocycles. The van der Waals surface area contributed by atoms with E-state index in [-0.39, 0.29) is 24.2 Å². The van der Waals surface area contributed by atoms with Crippen LogP contribution in [-0.2, 0) is 11.2 Å². The molecule has 1 atom stereocenters. The highest BCUT2D eigenvalue weighted by molar-refractivity contribution is 5.78. The second-order valence-electron chi connectivity index (χ2n) is 7.92. The van der Waals surface area contributed by atoms with Crippen LogP contribution < -0.4 is 9.64 Å². The van der Waals surface area contributed by atoms with Gasteiger partial charge in [-0.15, -0.1) is 0 Å². The summed E-state index contributed by atoms with van der Waals surface area (Å²) in [6.45, 7) is 4.34. The van der Waals surface area contributed by atoms with Crippen LogP contribution in [0.1, 0.15) is 42.3 Å². The van der Waals surface area contributed by atoms with Crippen molar-refractivity contribution in [3.05, 3.63) is 47.2 Å². The van der Waals surface area contributed by atoms with Crippen LogP contribution in [0.25, 0.3) is 0 Å². The highest BCUT2D eigenvalue weighted by Crippen LogP contribution is 2.31. The lowest BCUT2D eigenvalue weighted by atomic mass is 9.96. The number of ether oxygens (including phenoxy) is 1. The van der Waals surface area contributed by atoms with Gasteiger partial charge in [0.15, 0.2) is 6.61 Å². The van der Waals surface area contributed by atoms with Gasteiger partial charge in [0.25, 0.3) is 5.91 Å². The van der Waals surface area contributed by atoms with Crippen molar-refractivity contribution in [1.82, 2.24) is 14.9 Å². The van der Waals surface area contributed by atoms with Crippen molar-refractivity contribution in [2.24, 2.45) is 0 Å². The number of halogens is 1. The molecule has 1 amide bonds. The first-order valence-corrected chi connectivity index (χ1v) is 10.3. The zero-order valence-electron chi connectivity index (χ0n) is 17.0. The molecule has 0 bridgehead atoms. The minimum absolute atomic E-state index is 0.0504. The Labute approximate surface area is 170 Å². The third-order valence-corrected chi connectivity index (χ3v) is 5.81. The van der Waals surface area contributed by atoms with Gasteiger partial charge in [-0.3, -0.25) is 4.79 Å². The molecule has 7 heteroatoms. The van der Waals surface area contributed by atoms with Gasteiger partial charge in [0.05, 0.1) is 0 Å². The number of hydrogen-bond donors (Lipinski definition) is 0. The van der Waals surface area contributed by atoms with Gasteiger partial charge in [0.1, 0.15) is 23.2 Å². The van der Waals surface area contributed by atoms with Crippen LogP contribution in [0.5, 0.6) is 5.75 Å². The van der Waals surface area contributed by atoms with E-state index in [0.717, 1.165) is 49.6 Å². The molecule has 0 saturated carbocycles. The molecule has 1 unspecified atom stereocenters. The summed E-state index contributed by atoms with van der Waals surface area (Å²) in [5, 5.41) is 0. The Morgan fingerprint density at radius 1 is 1.21 bits per heavy atom. The maximum atomic E-state index is 13.0. The largest absolute Gasteiger partial charge is 0.484 e. The van der Waals surface area contributed by atoms with Crippen LogP contribution in [0.3, 0.4) is 0 Å². The molecule has 4 rings (SSSR count). The average molecular weight is 398 g/mol. The molecule has 2 aliphatic heterocycles. The van der Waals surface area contributed by atoms with Gasteiger partial charge in [-0.1, -0.05) is 0 Å².